The zero-order valence-electron chi connectivity index (χ0n) is 20.5. The van der Waals surface area contributed by atoms with Crippen molar-refractivity contribution in [1.82, 2.24) is 4.90 Å². The summed E-state index contributed by atoms with van der Waals surface area (Å²) in [5, 5.41) is 0. The molecule has 0 saturated heterocycles. The maximum atomic E-state index is 13.0. The lowest BCUT2D eigenvalue weighted by Gasteiger charge is -2.34. The summed E-state index contributed by atoms with van der Waals surface area (Å²) in [7, 11) is 2.01. The molecule has 0 spiro atoms. The summed E-state index contributed by atoms with van der Waals surface area (Å²) in [6, 6.07) is 22.4. The Kier molecular flexibility index (Phi) is 6.87. The van der Waals surface area contributed by atoms with E-state index in [2.05, 4.69) is 35.2 Å². The molecule has 0 aliphatic carbocycles. The van der Waals surface area contributed by atoms with Gasteiger partial charge in [0.15, 0.2) is 5.78 Å². The lowest BCUT2D eigenvalue weighted by atomic mass is 9.85. The fourth-order valence-electron chi connectivity index (χ4n) is 5.00. The monoisotopic (exact) mass is 504 g/mol. The molecular formula is C30H27F3N2O2. The Labute approximate surface area is 213 Å². The Morgan fingerprint density at radius 2 is 1.68 bits per heavy atom. The highest BCUT2D eigenvalue weighted by molar-refractivity contribution is 6.41. The fourth-order valence-corrected chi connectivity index (χ4v) is 5.00. The second-order valence-corrected chi connectivity index (χ2v) is 9.41. The molecule has 2 aliphatic heterocycles. The van der Waals surface area contributed by atoms with Crippen molar-refractivity contribution in [3.63, 3.8) is 0 Å². The van der Waals surface area contributed by atoms with Crippen LogP contribution in [-0.2, 0) is 23.8 Å². The van der Waals surface area contributed by atoms with E-state index in [9.17, 15) is 18.0 Å². The first-order valence-electron chi connectivity index (χ1n) is 12.3. The van der Waals surface area contributed by atoms with E-state index in [4.69, 9.17) is 9.41 Å². The summed E-state index contributed by atoms with van der Waals surface area (Å²) in [5.41, 5.74) is 5.29. The second-order valence-electron chi connectivity index (χ2n) is 9.41. The van der Waals surface area contributed by atoms with Gasteiger partial charge in [0.2, 0.25) is 5.76 Å². The number of benzene rings is 2. The number of likely N-dealkylation sites (N-methyl/N-ethyl adjacent to an activating group) is 1. The van der Waals surface area contributed by atoms with Crippen LogP contribution in [0.2, 0.25) is 0 Å². The molecule has 37 heavy (non-hydrogen) atoms. The van der Waals surface area contributed by atoms with Crippen molar-refractivity contribution in [2.45, 2.75) is 38.3 Å². The first-order chi connectivity index (χ1) is 17.8. The number of alkyl halides is 3. The van der Waals surface area contributed by atoms with Gasteiger partial charge in [0.1, 0.15) is 5.76 Å². The van der Waals surface area contributed by atoms with E-state index in [0.29, 0.717) is 6.42 Å². The average molecular weight is 505 g/mol. The summed E-state index contributed by atoms with van der Waals surface area (Å²) in [4.78, 5) is 20.0. The van der Waals surface area contributed by atoms with Crippen molar-refractivity contribution in [2.24, 2.45) is 10.9 Å². The zero-order valence-corrected chi connectivity index (χ0v) is 20.5. The number of carbonyl (C=O) groups excluding carboxylic acids is 1. The number of halogens is 3. The Hall–Kier alpha value is -3.87. The van der Waals surface area contributed by atoms with E-state index < -0.39 is 11.9 Å². The number of carbonyl (C=O) groups is 1. The smallest absolute Gasteiger partial charge is 0.449 e. The van der Waals surface area contributed by atoms with Crippen LogP contribution in [0.3, 0.4) is 0 Å². The Morgan fingerprint density at radius 3 is 2.35 bits per heavy atom. The molecule has 1 aromatic heterocycles. The van der Waals surface area contributed by atoms with Gasteiger partial charge in [-0.1, -0.05) is 66.7 Å². The Bertz CT molecular complexity index is 1370. The summed E-state index contributed by atoms with van der Waals surface area (Å²) >= 11 is 0. The molecule has 5 rings (SSSR count). The number of hydrogen-bond acceptors (Lipinski definition) is 4. The van der Waals surface area contributed by atoms with Crippen molar-refractivity contribution in [3.8, 4) is 0 Å². The molecular weight excluding hydrogens is 477 g/mol. The number of hydrogen-bond donors (Lipinski definition) is 0. The fraction of sp³-hybridized carbons (Fsp3) is 0.267. The number of allylic oxidation sites excluding steroid dienone is 3. The van der Waals surface area contributed by atoms with E-state index in [1.165, 1.54) is 6.07 Å². The first-order valence-corrected chi connectivity index (χ1v) is 12.3. The normalized spacial score (nSPS) is 20.1. The van der Waals surface area contributed by atoms with Crippen LogP contribution in [-0.4, -0.2) is 23.4 Å². The molecule has 0 saturated carbocycles. The summed E-state index contributed by atoms with van der Waals surface area (Å²) in [5.74, 6) is -1.20. The standard InChI is InChI=1S/C30H27F3N2O2/c1-35-25(21-11-6-3-7-12-21)14-8-13-22-18-27(36)24(19-23-15-16-28(37-23)30(31,32)33)34-29(22)26(35)17-20-9-4-2-5-10-20/h2-7,9-12,14-16,22H,8,13,17-19H2,1H3/b25-14-,29-26?. The molecule has 1 atom stereocenters. The molecule has 2 aliphatic rings. The third-order valence-corrected chi connectivity index (χ3v) is 6.88. The van der Waals surface area contributed by atoms with Crippen LogP contribution in [0, 0.1) is 5.92 Å². The lowest BCUT2D eigenvalue weighted by molar-refractivity contribution is -0.153. The van der Waals surface area contributed by atoms with Gasteiger partial charge in [0.25, 0.3) is 0 Å². The summed E-state index contributed by atoms with van der Waals surface area (Å²) in [6.07, 6.45) is -0.00244. The predicted octanol–water partition coefficient (Wildman–Crippen LogP) is 7.09. The molecule has 0 radical (unpaired) electrons. The highest BCUT2D eigenvalue weighted by atomic mass is 19.4. The zero-order chi connectivity index (χ0) is 26.0. The predicted molar refractivity (Wildman–Crippen MR) is 137 cm³/mol. The van der Waals surface area contributed by atoms with Crippen molar-refractivity contribution < 1.29 is 22.4 Å². The highest BCUT2D eigenvalue weighted by Crippen LogP contribution is 2.38. The van der Waals surface area contributed by atoms with Gasteiger partial charge in [-0.05, 0) is 36.1 Å². The molecule has 7 heteroatoms. The summed E-state index contributed by atoms with van der Waals surface area (Å²) in [6.45, 7) is 0. The van der Waals surface area contributed by atoms with Gasteiger partial charge >= 0.3 is 6.18 Å². The third kappa shape index (κ3) is 5.45. The molecule has 2 aromatic carbocycles. The van der Waals surface area contributed by atoms with E-state index in [-0.39, 0.29) is 36.0 Å². The minimum absolute atomic E-state index is 0.0617. The van der Waals surface area contributed by atoms with Gasteiger partial charge in [-0.25, -0.2) is 0 Å². The van der Waals surface area contributed by atoms with Gasteiger partial charge < -0.3 is 9.32 Å². The maximum Gasteiger partial charge on any atom is 0.449 e. The number of Topliss-reactive ketones (excluding diaryl/α,β-unsaturated/α-hetero) is 1. The number of furan rings is 1. The highest BCUT2D eigenvalue weighted by Gasteiger charge is 2.36. The lowest BCUT2D eigenvalue weighted by Crippen LogP contribution is -2.31. The molecule has 0 bridgehead atoms. The topological polar surface area (TPSA) is 45.8 Å². The second kappa shape index (κ2) is 10.2. The van der Waals surface area contributed by atoms with Crippen molar-refractivity contribution in [2.75, 3.05) is 7.05 Å². The van der Waals surface area contributed by atoms with Crippen LogP contribution in [0.5, 0.6) is 0 Å². The molecule has 0 fully saturated rings. The molecule has 0 amide bonds. The molecule has 4 nitrogen and oxygen atoms in total. The largest absolute Gasteiger partial charge is 0.456 e. The van der Waals surface area contributed by atoms with Crippen molar-refractivity contribution in [1.29, 1.82) is 0 Å². The van der Waals surface area contributed by atoms with Crippen LogP contribution in [0.25, 0.3) is 5.70 Å². The number of aliphatic imine (C=N–C) groups is 1. The van der Waals surface area contributed by atoms with Crippen LogP contribution in [0.15, 0.2) is 99.7 Å². The Morgan fingerprint density at radius 1 is 0.973 bits per heavy atom. The molecule has 3 heterocycles. The van der Waals surface area contributed by atoms with Gasteiger partial charge in [-0.3, -0.25) is 9.79 Å². The number of ketones is 1. The molecule has 0 N–H and O–H groups in total. The first kappa shape index (κ1) is 24.8. The molecule has 190 valence electrons. The summed E-state index contributed by atoms with van der Waals surface area (Å²) < 4.78 is 44.1. The van der Waals surface area contributed by atoms with E-state index in [1.54, 1.807) is 0 Å². The maximum absolute atomic E-state index is 13.0. The van der Waals surface area contributed by atoms with E-state index in [0.717, 1.165) is 47.1 Å². The van der Waals surface area contributed by atoms with Crippen molar-refractivity contribution >= 4 is 17.2 Å². The molecule has 3 aromatic rings. The quantitative estimate of drug-likeness (QED) is 0.373. The Balaban J connectivity index is 1.58. The number of fused-ring (bicyclic) bond motifs is 1. The van der Waals surface area contributed by atoms with E-state index in [1.807, 2.05) is 43.4 Å². The van der Waals surface area contributed by atoms with Gasteiger partial charge in [-0.15, -0.1) is 0 Å². The van der Waals surface area contributed by atoms with Crippen LogP contribution in [0.1, 0.15) is 41.9 Å². The van der Waals surface area contributed by atoms with Crippen LogP contribution >= 0.6 is 0 Å². The van der Waals surface area contributed by atoms with Crippen LogP contribution < -0.4 is 0 Å². The van der Waals surface area contributed by atoms with Gasteiger partial charge in [0.05, 0.1) is 17.8 Å². The number of nitrogens with zero attached hydrogens (tertiary/aromatic N) is 2. The van der Waals surface area contributed by atoms with Gasteiger partial charge in [-0.2, -0.15) is 13.2 Å². The third-order valence-electron chi connectivity index (χ3n) is 6.88. The minimum atomic E-state index is -4.57. The number of rotatable bonds is 5. The SMILES string of the molecule is CN1C(Cc2ccccc2)=C2N=C(Cc3ccc(C(F)(F)F)o3)C(=O)CC2CC/C=C\1c1ccccc1. The van der Waals surface area contributed by atoms with E-state index >= 15 is 0 Å². The minimum Gasteiger partial charge on any atom is -0.456 e. The van der Waals surface area contributed by atoms with Crippen LogP contribution in [0.4, 0.5) is 13.2 Å². The van der Waals surface area contributed by atoms with Gasteiger partial charge in [0, 0.05) is 37.2 Å². The van der Waals surface area contributed by atoms with Crippen molar-refractivity contribution in [3.05, 3.63) is 113 Å². The molecule has 1 unspecified atom stereocenters. The average Bonchev–Trinajstić information content (AvgIpc) is 3.36.